The van der Waals surface area contributed by atoms with Gasteiger partial charge in [-0.1, -0.05) is 60.7 Å². The van der Waals surface area contributed by atoms with E-state index in [-0.39, 0.29) is 18.5 Å². The molecule has 3 rings (SSSR count). The van der Waals surface area contributed by atoms with Crippen molar-refractivity contribution in [3.63, 3.8) is 0 Å². The van der Waals surface area contributed by atoms with E-state index in [9.17, 15) is 0 Å². The van der Waals surface area contributed by atoms with Gasteiger partial charge in [-0.3, -0.25) is 0 Å². The number of likely N-dealkylation sites (tertiary alicyclic amines) is 1. The highest BCUT2D eigenvalue weighted by atomic mass is 35.5. The molecule has 0 aromatic heterocycles. The fourth-order valence-corrected chi connectivity index (χ4v) is 3.43. The zero-order valence-electron chi connectivity index (χ0n) is 13.8. The first-order valence-electron chi connectivity index (χ1n) is 8.40. The van der Waals surface area contributed by atoms with Crippen LogP contribution in [0.1, 0.15) is 30.1 Å². The van der Waals surface area contributed by atoms with E-state index in [0.717, 1.165) is 32.5 Å². The van der Waals surface area contributed by atoms with Crippen molar-refractivity contribution in [3.8, 4) is 0 Å². The molecule has 1 fully saturated rings. The maximum absolute atomic E-state index is 6.53. The molecule has 1 saturated heterocycles. The molecule has 2 aromatic rings. The lowest BCUT2D eigenvalue weighted by Crippen LogP contribution is -2.38. The molecule has 0 unspecified atom stereocenters. The molecule has 1 aliphatic rings. The SMILES string of the molecule is Cl.ClCCN1CCC(OC(c2ccccc2)c2ccccc2)CC1. The average molecular weight is 366 g/mol. The summed E-state index contributed by atoms with van der Waals surface area (Å²) in [7, 11) is 0. The van der Waals surface area contributed by atoms with Gasteiger partial charge in [0.1, 0.15) is 6.10 Å². The zero-order chi connectivity index (χ0) is 15.9. The Balaban J connectivity index is 0.00000208. The van der Waals surface area contributed by atoms with Gasteiger partial charge in [-0.25, -0.2) is 0 Å². The molecule has 0 radical (unpaired) electrons. The number of rotatable bonds is 6. The number of ether oxygens (including phenoxy) is 1. The molecule has 0 atom stereocenters. The molecular formula is C20H25Cl2NO. The van der Waals surface area contributed by atoms with Crippen LogP contribution >= 0.6 is 24.0 Å². The monoisotopic (exact) mass is 365 g/mol. The first kappa shape index (κ1) is 19.3. The number of hydrogen-bond donors (Lipinski definition) is 0. The Morgan fingerprint density at radius 3 is 1.88 bits per heavy atom. The number of piperidine rings is 1. The fraction of sp³-hybridized carbons (Fsp3) is 0.400. The smallest absolute Gasteiger partial charge is 0.108 e. The summed E-state index contributed by atoms with van der Waals surface area (Å²) in [4.78, 5) is 2.42. The van der Waals surface area contributed by atoms with Gasteiger partial charge in [0.25, 0.3) is 0 Å². The molecular weight excluding hydrogens is 341 g/mol. The Bertz CT molecular complexity index is 531. The predicted molar refractivity (Wildman–Crippen MR) is 103 cm³/mol. The summed E-state index contributed by atoms with van der Waals surface area (Å²) in [5.74, 6) is 0.710. The van der Waals surface area contributed by atoms with E-state index in [1.54, 1.807) is 0 Å². The summed E-state index contributed by atoms with van der Waals surface area (Å²) >= 11 is 5.84. The number of alkyl halides is 1. The standard InChI is InChI=1S/C20H24ClNO.ClH/c21-13-16-22-14-11-19(12-15-22)23-20(17-7-3-1-4-8-17)18-9-5-2-6-10-18;/h1-10,19-20H,11-16H2;1H. The van der Waals surface area contributed by atoms with Crippen molar-refractivity contribution in [3.05, 3.63) is 71.8 Å². The summed E-state index contributed by atoms with van der Waals surface area (Å²) in [6.45, 7) is 3.14. The van der Waals surface area contributed by atoms with E-state index in [0.29, 0.717) is 12.0 Å². The molecule has 0 amide bonds. The number of hydrogen-bond acceptors (Lipinski definition) is 2. The average Bonchev–Trinajstić information content (AvgIpc) is 2.63. The van der Waals surface area contributed by atoms with Crippen LogP contribution in [-0.2, 0) is 4.74 Å². The lowest BCUT2D eigenvalue weighted by atomic mass is 10.00. The predicted octanol–water partition coefficient (Wildman–Crippen LogP) is 4.92. The zero-order valence-corrected chi connectivity index (χ0v) is 15.4. The molecule has 0 N–H and O–H groups in total. The van der Waals surface area contributed by atoms with E-state index in [4.69, 9.17) is 16.3 Å². The van der Waals surface area contributed by atoms with Crippen molar-refractivity contribution < 1.29 is 4.74 Å². The Labute approximate surface area is 156 Å². The molecule has 1 aliphatic heterocycles. The Kier molecular flexibility index (Phi) is 8.07. The fourth-order valence-electron chi connectivity index (χ4n) is 3.19. The van der Waals surface area contributed by atoms with Crippen LogP contribution in [0.15, 0.2) is 60.7 Å². The highest BCUT2D eigenvalue weighted by Crippen LogP contribution is 2.29. The van der Waals surface area contributed by atoms with Gasteiger partial charge in [-0.05, 0) is 24.0 Å². The van der Waals surface area contributed by atoms with Crippen LogP contribution in [0.2, 0.25) is 0 Å². The van der Waals surface area contributed by atoms with Gasteiger partial charge in [0.05, 0.1) is 6.10 Å². The van der Waals surface area contributed by atoms with E-state index >= 15 is 0 Å². The summed E-state index contributed by atoms with van der Waals surface area (Å²) in [6, 6.07) is 21.0. The van der Waals surface area contributed by atoms with Gasteiger partial charge >= 0.3 is 0 Å². The van der Waals surface area contributed by atoms with Crippen molar-refractivity contribution in [2.24, 2.45) is 0 Å². The number of halogens is 2. The molecule has 0 bridgehead atoms. The third-order valence-corrected chi connectivity index (χ3v) is 4.64. The normalized spacial score (nSPS) is 16.1. The molecule has 0 saturated carbocycles. The summed E-state index contributed by atoms with van der Waals surface area (Å²) < 4.78 is 6.53. The van der Waals surface area contributed by atoms with Crippen molar-refractivity contribution in [1.29, 1.82) is 0 Å². The number of nitrogens with zero attached hydrogens (tertiary/aromatic N) is 1. The minimum absolute atomic E-state index is 0. The van der Waals surface area contributed by atoms with E-state index in [2.05, 4.69) is 65.6 Å². The minimum Gasteiger partial charge on any atom is -0.365 e. The van der Waals surface area contributed by atoms with Gasteiger partial charge in [0.2, 0.25) is 0 Å². The molecule has 130 valence electrons. The molecule has 2 nitrogen and oxygen atoms in total. The van der Waals surface area contributed by atoms with Crippen molar-refractivity contribution in [1.82, 2.24) is 4.90 Å². The van der Waals surface area contributed by atoms with Crippen LogP contribution in [0, 0.1) is 0 Å². The van der Waals surface area contributed by atoms with E-state index < -0.39 is 0 Å². The van der Waals surface area contributed by atoms with Crippen molar-refractivity contribution >= 4 is 24.0 Å². The van der Waals surface area contributed by atoms with Gasteiger partial charge in [-0.2, -0.15) is 0 Å². The van der Waals surface area contributed by atoms with Crippen LogP contribution in [-0.4, -0.2) is 36.5 Å². The van der Waals surface area contributed by atoms with Gasteiger partial charge in [0, 0.05) is 25.5 Å². The maximum atomic E-state index is 6.53. The third-order valence-electron chi connectivity index (χ3n) is 4.47. The first-order chi connectivity index (χ1) is 11.4. The van der Waals surface area contributed by atoms with Crippen LogP contribution in [0.4, 0.5) is 0 Å². The van der Waals surface area contributed by atoms with E-state index in [1.807, 2.05) is 0 Å². The Morgan fingerprint density at radius 2 is 1.42 bits per heavy atom. The number of benzene rings is 2. The maximum Gasteiger partial charge on any atom is 0.108 e. The molecule has 1 heterocycles. The highest BCUT2D eigenvalue weighted by Gasteiger charge is 2.24. The molecule has 0 aliphatic carbocycles. The van der Waals surface area contributed by atoms with Crippen molar-refractivity contribution in [2.75, 3.05) is 25.5 Å². The lowest BCUT2D eigenvalue weighted by molar-refractivity contribution is -0.0261. The second-order valence-electron chi connectivity index (χ2n) is 6.07. The largest absolute Gasteiger partial charge is 0.365 e. The molecule has 24 heavy (non-hydrogen) atoms. The topological polar surface area (TPSA) is 12.5 Å². The van der Waals surface area contributed by atoms with Crippen LogP contribution < -0.4 is 0 Å². The Hall–Kier alpha value is -1.06. The van der Waals surface area contributed by atoms with Gasteiger partial charge in [-0.15, -0.1) is 24.0 Å². The van der Waals surface area contributed by atoms with Crippen LogP contribution in [0.5, 0.6) is 0 Å². The van der Waals surface area contributed by atoms with Crippen LogP contribution in [0.3, 0.4) is 0 Å². The third kappa shape index (κ3) is 5.22. The first-order valence-corrected chi connectivity index (χ1v) is 8.94. The Morgan fingerprint density at radius 1 is 0.917 bits per heavy atom. The van der Waals surface area contributed by atoms with E-state index in [1.165, 1.54) is 11.1 Å². The van der Waals surface area contributed by atoms with Gasteiger partial charge in [0.15, 0.2) is 0 Å². The summed E-state index contributed by atoms with van der Waals surface area (Å²) in [5.41, 5.74) is 2.45. The molecule has 2 aromatic carbocycles. The summed E-state index contributed by atoms with van der Waals surface area (Å²) in [5, 5.41) is 0. The quantitative estimate of drug-likeness (QED) is 0.673. The summed E-state index contributed by atoms with van der Waals surface area (Å²) in [6.07, 6.45) is 2.48. The van der Waals surface area contributed by atoms with Crippen LogP contribution in [0.25, 0.3) is 0 Å². The minimum atomic E-state index is 0. The second-order valence-corrected chi connectivity index (χ2v) is 6.45. The van der Waals surface area contributed by atoms with Gasteiger partial charge < -0.3 is 9.64 Å². The lowest BCUT2D eigenvalue weighted by Gasteiger charge is -2.34. The van der Waals surface area contributed by atoms with Crippen molar-refractivity contribution in [2.45, 2.75) is 25.0 Å². The second kappa shape index (κ2) is 10.0. The molecule has 4 heteroatoms. The molecule has 0 spiro atoms. The highest BCUT2D eigenvalue weighted by molar-refractivity contribution is 6.18.